The molecule has 2 aromatic carbocycles. The summed E-state index contributed by atoms with van der Waals surface area (Å²) < 4.78 is 1.22. The molecule has 0 aliphatic carbocycles. The monoisotopic (exact) mass is 334 g/mol. The number of benzene rings is 2. The molecule has 0 amide bonds. The fourth-order valence-electron chi connectivity index (χ4n) is 1.95. The van der Waals surface area contributed by atoms with Gasteiger partial charge in [0, 0.05) is 9.13 Å². The SMILES string of the molecule is Cc1cccc2[nH]c(-c3cccc(I)c3)nc12. The first-order chi connectivity index (χ1) is 8.24. The number of aryl methyl sites for hydroxylation is 1. The summed E-state index contributed by atoms with van der Waals surface area (Å²) in [5.74, 6) is 0.938. The van der Waals surface area contributed by atoms with Crippen molar-refractivity contribution in [2.45, 2.75) is 6.92 Å². The number of aromatic nitrogens is 2. The standard InChI is InChI=1S/C14H11IN2/c1-9-4-2-7-12-13(9)17-14(16-12)10-5-3-6-11(15)8-10/h2-8H,1H3,(H,16,17). The van der Waals surface area contributed by atoms with Crippen LogP contribution in [0.5, 0.6) is 0 Å². The maximum absolute atomic E-state index is 4.66. The van der Waals surface area contributed by atoms with E-state index >= 15 is 0 Å². The van der Waals surface area contributed by atoms with Gasteiger partial charge in [0.05, 0.1) is 11.0 Å². The van der Waals surface area contributed by atoms with Gasteiger partial charge in [-0.05, 0) is 53.3 Å². The predicted molar refractivity (Wildman–Crippen MR) is 79.0 cm³/mol. The van der Waals surface area contributed by atoms with Gasteiger partial charge in [0.15, 0.2) is 0 Å². The summed E-state index contributed by atoms with van der Waals surface area (Å²) in [4.78, 5) is 8.03. The van der Waals surface area contributed by atoms with Crippen LogP contribution in [0.25, 0.3) is 22.4 Å². The molecule has 0 fully saturated rings. The lowest BCUT2D eigenvalue weighted by molar-refractivity contribution is 1.33. The van der Waals surface area contributed by atoms with E-state index in [1.165, 1.54) is 9.13 Å². The van der Waals surface area contributed by atoms with E-state index in [4.69, 9.17) is 0 Å². The highest BCUT2D eigenvalue weighted by molar-refractivity contribution is 14.1. The Balaban J connectivity index is 2.22. The summed E-state index contributed by atoms with van der Waals surface area (Å²) in [5.41, 5.74) is 4.49. The molecule has 1 aromatic heterocycles. The van der Waals surface area contributed by atoms with E-state index in [0.29, 0.717) is 0 Å². The van der Waals surface area contributed by atoms with Gasteiger partial charge in [-0.3, -0.25) is 0 Å². The van der Waals surface area contributed by atoms with Gasteiger partial charge in [-0.25, -0.2) is 4.98 Å². The first-order valence-corrected chi connectivity index (χ1v) is 6.53. The number of rotatable bonds is 1. The van der Waals surface area contributed by atoms with Gasteiger partial charge in [-0.2, -0.15) is 0 Å². The summed E-state index contributed by atoms with van der Waals surface area (Å²) in [7, 11) is 0. The minimum Gasteiger partial charge on any atom is -0.338 e. The molecule has 0 saturated heterocycles. The van der Waals surface area contributed by atoms with Crippen molar-refractivity contribution in [3.05, 3.63) is 51.6 Å². The van der Waals surface area contributed by atoms with E-state index in [9.17, 15) is 0 Å². The number of hydrogen-bond acceptors (Lipinski definition) is 1. The molecule has 1 heterocycles. The van der Waals surface area contributed by atoms with Gasteiger partial charge >= 0.3 is 0 Å². The molecule has 0 radical (unpaired) electrons. The number of nitrogens with one attached hydrogen (secondary N) is 1. The molecule has 0 aliphatic rings. The Morgan fingerprint density at radius 1 is 1.12 bits per heavy atom. The smallest absolute Gasteiger partial charge is 0.138 e. The van der Waals surface area contributed by atoms with Gasteiger partial charge < -0.3 is 4.98 Å². The van der Waals surface area contributed by atoms with Gasteiger partial charge in [0.1, 0.15) is 5.82 Å². The third-order valence-corrected chi connectivity index (χ3v) is 3.48. The summed E-state index contributed by atoms with van der Waals surface area (Å²) in [5, 5.41) is 0. The molecular weight excluding hydrogens is 323 g/mol. The van der Waals surface area contributed by atoms with Crippen LogP contribution in [0.3, 0.4) is 0 Å². The third-order valence-electron chi connectivity index (χ3n) is 2.81. The zero-order valence-corrected chi connectivity index (χ0v) is 11.5. The lowest BCUT2D eigenvalue weighted by Gasteiger charge is -1.96. The minimum absolute atomic E-state index is 0.938. The molecule has 3 aromatic rings. The maximum Gasteiger partial charge on any atom is 0.138 e. The van der Waals surface area contributed by atoms with Gasteiger partial charge in [-0.15, -0.1) is 0 Å². The quantitative estimate of drug-likeness (QED) is 0.666. The van der Waals surface area contributed by atoms with Crippen molar-refractivity contribution in [3.8, 4) is 11.4 Å². The molecule has 1 N–H and O–H groups in total. The molecule has 3 rings (SSSR count). The molecule has 0 saturated carbocycles. The molecule has 0 atom stereocenters. The number of hydrogen-bond donors (Lipinski definition) is 1. The second-order valence-corrected chi connectivity index (χ2v) is 5.31. The van der Waals surface area contributed by atoms with Crippen LogP contribution in [0.1, 0.15) is 5.56 Å². The van der Waals surface area contributed by atoms with Crippen molar-refractivity contribution in [2.75, 3.05) is 0 Å². The van der Waals surface area contributed by atoms with Crippen molar-refractivity contribution in [3.63, 3.8) is 0 Å². The highest BCUT2D eigenvalue weighted by Gasteiger charge is 2.06. The van der Waals surface area contributed by atoms with Crippen molar-refractivity contribution >= 4 is 33.6 Å². The number of H-pyrrole nitrogens is 1. The van der Waals surface area contributed by atoms with Crippen molar-refractivity contribution in [1.82, 2.24) is 9.97 Å². The number of nitrogens with zero attached hydrogens (tertiary/aromatic N) is 1. The number of fused-ring (bicyclic) bond motifs is 1. The van der Waals surface area contributed by atoms with E-state index in [1.54, 1.807) is 0 Å². The Morgan fingerprint density at radius 3 is 2.71 bits per heavy atom. The first kappa shape index (κ1) is 10.8. The summed E-state index contributed by atoms with van der Waals surface area (Å²) in [6, 6.07) is 14.5. The lowest BCUT2D eigenvalue weighted by Crippen LogP contribution is -1.81. The summed E-state index contributed by atoms with van der Waals surface area (Å²) in [6.07, 6.45) is 0. The third kappa shape index (κ3) is 1.95. The summed E-state index contributed by atoms with van der Waals surface area (Å²) in [6.45, 7) is 2.09. The molecule has 17 heavy (non-hydrogen) atoms. The average Bonchev–Trinajstić information content (AvgIpc) is 2.74. The Hall–Kier alpha value is -1.36. The Kier molecular flexibility index (Phi) is 2.63. The van der Waals surface area contributed by atoms with Crippen LogP contribution in [0.2, 0.25) is 0 Å². The predicted octanol–water partition coefficient (Wildman–Crippen LogP) is 4.14. The van der Waals surface area contributed by atoms with E-state index < -0.39 is 0 Å². The van der Waals surface area contributed by atoms with Crippen molar-refractivity contribution in [1.29, 1.82) is 0 Å². The van der Waals surface area contributed by atoms with Crippen LogP contribution < -0.4 is 0 Å². The second-order valence-electron chi connectivity index (χ2n) is 4.07. The molecule has 0 bridgehead atoms. The highest BCUT2D eigenvalue weighted by Crippen LogP contribution is 2.23. The van der Waals surface area contributed by atoms with Crippen molar-refractivity contribution < 1.29 is 0 Å². The van der Waals surface area contributed by atoms with E-state index in [-0.39, 0.29) is 0 Å². The zero-order valence-electron chi connectivity index (χ0n) is 9.37. The zero-order chi connectivity index (χ0) is 11.8. The van der Waals surface area contributed by atoms with Crippen LogP contribution in [-0.4, -0.2) is 9.97 Å². The van der Waals surface area contributed by atoms with Crippen LogP contribution in [0.4, 0.5) is 0 Å². The number of imidazole rings is 1. The normalized spacial score (nSPS) is 10.9. The summed E-state index contributed by atoms with van der Waals surface area (Å²) >= 11 is 2.32. The van der Waals surface area contributed by atoms with Gasteiger partial charge in [0.2, 0.25) is 0 Å². The highest BCUT2D eigenvalue weighted by atomic mass is 127. The number of aromatic amines is 1. The van der Waals surface area contributed by atoms with Crippen molar-refractivity contribution in [2.24, 2.45) is 0 Å². The first-order valence-electron chi connectivity index (χ1n) is 5.45. The van der Waals surface area contributed by atoms with Crippen LogP contribution in [-0.2, 0) is 0 Å². The molecule has 0 unspecified atom stereocenters. The number of para-hydroxylation sites is 1. The van der Waals surface area contributed by atoms with Crippen LogP contribution >= 0.6 is 22.6 Å². The fourth-order valence-corrected chi connectivity index (χ4v) is 2.49. The van der Waals surface area contributed by atoms with E-state index in [0.717, 1.165) is 22.4 Å². The Labute approximate surface area is 113 Å². The second kappa shape index (κ2) is 4.14. The molecule has 84 valence electrons. The largest absolute Gasteiger partial charge is 0.338 e. The van der Waals surface area contributed by atoms with Crippen LogP contribution in [0, 0.1) is 10.5 Å². The number of halogens is 1. The Bertz CT molecular complexity index is 686. The molecular formula is C14H11IN2. The molecule has 0 spiro atoms. The van der Waals surface area contributed by atoms with E-state index in [1.807, 2.05) is 6.07 Å². The molecule has 3 heteroatoms. The van der Waals surface area contributed by atoms with E-state index in [2.05, 4.69) is 75.9 Å². The maximum atomic E-state index is 4.66. The Morgan fingerprint density at radius 2 is 1.94 bits per heavy atom. The van der Waals surface area contributed by atoms with Crippen LogP contribution in [0.15, 0.2) is 42.5 Å². The topological polar surface area (TPSA) is 28.7 Å². The van der Waals surface area contributed by atoms with Gasteiger partial charge in [0.25, 0.3) is 0 Å². The fraction of sp³-hybridized carbons (Fsp3) is 0.0714. The van der Waals surface area contributed by atoms with Gasteiger partial charge in [-0.1, -0.05) is 24.3 Å². The lowest BCUT2D eigenvalue weighted by atomic mass is 10.2. The molecule has 0 aliphatic heterocycles. The average molecular weight is 334 g/mol. The minimum atomic E-state index is 0.938. The molecule has 2 nitrogen and oxygen atoms in total.